The molecule has 0 bridgehead atoms. The first-order chi connectivity index (χ1) is 14.3. The maximum Gasteiger partial charge on any atom is 0.325 e. The molecule has 2 heterocycles. The molecule has 10 heteroatoms. The van der Waals surface area contributed by atoms with Crippen LogP contribution in [0.5, 0.6) is 5.75 Å². The first-order valence-electron chi connectivity index (χ1n) is 8.88. The number of hydrogen-bond acceptors (Lipinski definition) is 6. The van der Waals surface area contributed by atoms with E-state index in [1.807, 2.05) is 0 Å². The van der Waals surface area contributed by atoms with Crippen LogP contribution in [0.25, 0.3) is 11.4 Å². The Morgan fingerprint density at radius 3 is 2.77 bits per heavy atom. The van der Waals surface area contributed by atoms with E-state index in [-0.39, 0.29) is 23.8 Å². The number of urea groups is 1. The zero-order valence-electron chi connectivity index (χ0n) is 16.0. The van der Waals surface area contributed by atoms with E-state index in [2.05, 4.69) is 15.5 Å². The second-order valence-electron chi connectivity index (χ2n) is 6.81. The lowest BCUT2D eigenvalue weighted by Crippen LogP contribution is -2.41. The fourth-order valence-corrected chi connectivity index (χ4v) is 3.24. The lowest BCUT2D eigenvalue weighted by Gasteiger charge is -2.22. The summed E-state index contributed by atoms with van der Waals surface area (Å²) in [7, 11) is 1.52. The molecule has 30 heavy (non-hydrogen) atoms. The molecule has 0 radical (unpaired) electrons. The minimum absolute atomic E-state index is 0.000263. The predicted octanol–water partition coefficient (Wildman–Crippen LogP) is 2.99. The van der Waals surface area contributed by atoms with Crippen molar-refractivity contribution < 1.29 is 27.6 Å². The number of imide groups is 1. The summed E-state index contributed by atoms with van der Waals surface area (Å²) in [6.07, 6.45) is 0. The molecule has 0 aliphatic carbocycles. The monoisotopic (exact) mass is 414 g/mol. The molecule has 0 saturated carbocycles. The molecule has 1 aliphatic rings. The summed E-state index contributed by atoms with van der Waals surface area (Å²) in [5.41, 5.74) is -1.42. The Hall–Kier alpha value is -3.82. The first kappa shape index (κ1) is 19.5. The summed E-state index contributed by atoms with van der Waals surface area (Å²) in [5.74, 6) is -1.46. The number of halogens is 2. The predicted molar refractivity (Wildman–Crippen MR) is 99.1 cm³/mol. The highest BCUT2D eigenvalue weighted by atomic mass is 19.1. The number of methoxy groups -OCH3 is 1. The van der Waals surface area contributed by atoms with Gasteiger partial charge in [-0.3, -0.25) is 9.69 Å². The van der Waals surface area contributed by atoms with Crippen molar-refractivity contribution in [3.63, 3.8) is 0 Å². The van der Waals surface area contributed by atoms with Gasteiger partial charge in [-0.25, -0.2) is 13.6 Å². The molecule has 8 nitrogen and oxygen atoms in total. The number of hydrogen-bond donors (Lipinski definition) is 1. The van der Waals surface area contributed by atoms with Gasteiger partial charge in [0.2, 0.25) is 11.7 Å². The molecule has 0 spiro atoms. The average Bonchev–Trinajstić information content (AvgIpc) is 3.29. The lowest BCUT2D eigenvalue weighted by atomic mass is 9.91. The van der Waals surface area contributed by atoms with Crippen molar-refractivity contribution in [3.05, 3.63) is 65.6 Å². The number of aromatic nitrogens is 2. The van der Waals surface area contributed by atoms with Gasteiger partial charge in [0.05, 0.1) is 7.11 Å². The van der Waals surface area contributed by atoms with Crippen LogP contribution in [0.15, 0.2) is 47.0 Å². The van der Waals surface area contributed by atoms with E-state index in [1.54, 1.807) is 24.3 Å². The third kappa shape index (κ3) is 3.25. The van der Waals surface area contributed by atoms with Crippen LogP contribution < -0.4 is 10.1 Å². The molecule has 1 fully saturated rings. The van der Waals surface area contributed by atoms with Gasteiger partial charge in [-0.2, -0.15) is 4.98 Å². The minimum Gasteiger partial charge on any atom is -0.497 e. The van der Waals surface area contributed by atoms with Crippen molar-refractivity contribution in [2.45, 2.75) is 19.0 Å². The summed E-state index contributed by atoms with van der Waals surface area (Å²) < 4.78 is 38.2. The van der Waals surface area contributed by atoms with E-state index >= 15 is 0 Å². The molecule has 1 N–H and O–H groups in total. The number of carbonyl (C=O) groups excluding carboxylic acids is 2. The number of carbonyl (C=O) groups is 2. The zero-order valence-corrected chi connectivity index (χ0v) is 16.0. The van der Waals surface area contributed by atoms with Gasteiger partial charge in [0.15, 0.2) is 0 Å². The first-order valence-corrected chi connectivity index (χ1v) is 8.88. The summed E-state index contributed by atoms with van der Waals surface area (Å²) in [5, 5.41) is 6.27. The van der Waals surface area contributed by atoms with Gasteiger partial charge in [0.25, 0.3) is 5.91 Å². The number of ether oxygens (including phenoxy) is 1. The van der Waals surface area contributed by atoms with Gasteiger partial charge in [0.1, 0.15) is 29.5 Å². The summed E-state index contributed by atoms with van der Waals surface area (Å²) in [6.45, 7) is 0.981. The highest BCUT2D eigenvalue weighted by Gasteiger charge is 2.50. The van der Waals surface area contributed by atoms with Crippen LogP contribution in [0.4, 0.5) is 13.6 Å². The number of nitrogens with one attached hydrogen (secondary N) is 1. The van der Waals surface area contributed by atoms with E-state index < -0.39 is 29.1 Å². The molecule has 1 unspecified atom stereocenters. The van der Waals surface area contributed by atoms with Crippen molar-refractivity contribution in [1.82, 2.24) is 20.4 Å². The van der Waals surface area contributed by atoms with Crippen molar-refractivity contribution in [1.29, 1.82) is 0 Å². The smallest absolute Gasteiger partial charge is 0.325 e. The maximum atomic E-state index is 14.2. The lowest BCUT2D eigenvalue weighted by molar-refractivity contribution is -0.131. The van der Waals surface area contributed by atoms with Gasteiger partial charge in [-0.05, 0) is 37.3 Å². The Balaban J connectivity index is 1.59. The standard InChI is InChI=1S/C20H16F2N4O4/c1-20(14-9-12(21)6-7-15(14)22)18(27)26(19(28)24-20)10-16-23-17(25-30-16)11-4-3-5-13(8-11)29-2/h3-9H,10H2,1-2H3,(H,24,28). The maximum absolute atomic E-state index is 14.2. The number of rotatable bonds is 5. The molecule has 2 aromatic carbocycles. The highest BCUT2D eigenvalue weighted by molar-refractivity contribution is 6.07. The van der Waals surface area contributed by atoms with Crippen molar-refractivity contribution in [2.75, 3.05) is 7.11 Å². The van der Waals surface area contributed by atoms with Gasteiger partial charge in [-0.1, -0.05) is 17.3 Å². The molecular weight excluding hydrogens is 398 g/mol. The Morgan fingerprint density at radius 1 is 1.20 bits per heavy atom. The van der Waals surface area contributed by atoms with Crippen LogP contribution in [0.2, 0.25) is 0 Å². The van der Waals surface area contributed by atoms with E-state index in [4.69, 9.17) is 9.26 Å². The molecule has 1 aromatic heterocycles. The largest absolute Gasteiger partial charge is 0.497 e. The minimum atomic E-state index is -1.76. The van der Waals surface area contributed by atoms with E-state index in [9.17, 15) is 18.4 Å². The molecule has 154 valence electrons. The average molecular weight is 414 g/mol. The topological polar surface area (TPSA) is 97.6 Å². The molecular formula is C20H16F2N4O4. The Kier molecular flexibility index (Phi) is 4.69. The fraction of sp³-hybridized carbons (Fsp3) is 0.200. The number of benzene rings is 2. The summed E-state index contributed by atoms with van der Waals surface area (Å²) in [6, 6.07) is 8.87. The highest BCUT2D eigenvalue weighted by Crippen LogP contribution is 2.32. The van der Waals surface area contributed by atoms with Crippen LogP contribution in [0.3, 0.4) is 0 Å². The second kappa shape index (κ2) is 7.21. The van der Waals surface area contributed by atoms with Crippen LogP contribution >= 0.6 is 0 Å². The molecule has 3 amide bonds. The Morgan fingerprint density at radius 2 is 2.00 bits per heavy atom. The number of amides is 3. The quantitative estimate of drug-likeness (QED) is 0.645. The van der Waals surface area contributed by atoms with E-state index in [1.165, 1.54) is 14.0 Å². The van der Waals surface area contributed by atoms with Crippen LogP contribution in [0.1, 0.15) is 18.4 Å². The molecule has 3 aromatic rings. The fourth-order valence-electron chi connectivity index (χ4n) is 3.24. The van der Waals surface area contributed by atoms with E-state index in [0.717, 1.165) is 23.1 Å². The normalized spacial score (nSPS) is 18.6. The van der Waals surface area contributed by atoms with E-state index in [0.29, 0.717) is 11.3 Å². The van der Waals surface area contributed by atoms with Crippen LogP contribution in [0, 0.1) is 11.6 Å². The van der Waals surface area contributed by atoms with Crippen molar-refractivity contribution in [2.24, 2.45) is 0 Å². The third-order valence-electron chi connectivity index (χ3n) is 4.83. The molecule has 1 aliphatic heterocycles. The Bertz CT molecular complexity index is 1150. The van der Waals surface area contributed by atoms with Crippen molar-refractivity contribution >= 4 is 11.9 Å². The summed E-state index contributed by atoms with van der Waals surface area (Å²) in [4.78, 5) is 30.3. The number of nitrogens with zero attached hydrogens (tertiary/aromatic N) is 3. The van der Waals surface area contributed by atoms with Crippen molar-refractivity contribution in [3.8, 4) is 17.1 Å². The molecule has 1 saturated heterocycles. The van der Waals surface area contributed by atoms with Gasteiger partial charge >= 0.3 is 6.03 Å². The van der Waals surface area contributed by atoms with Crippen LogP contribution in [-0.4, -0.2) is 34.1 Å². The second-order valence-corrected chi connectivity index (χ2v) is 6.81. The van der Waals surface area contributed by atoms with Gasteiger partial charge < -0.3 is 14.6 Å². The zero-order chi connectivity index (χ0) is 21.5. The van der Waals surface area contributed by atoms with Crippen LogP contribution in [-0.2, 0) is 16.9 Å². The SMILES string of the molecule is COc1cccc(-c2noc(CN3C(=O)NC(C)(c4cc(F)ccc4F)C3=O)n2)c1. The van der Waals surface area contributed by atoms with Gasteiger partial charge in [-0.15, -0.1) is 0 Å². The third-order valence-corrected chi connectivity index (χ3v) is 4.83. The van der Waals surface area contributed by atoms with Gasteiger partial charge in [0, 0.05) is 11.1 Å². The molecule has 1 atom stereocenters. The molecule has 4 rings (SSSR count). The Labute approximate surface area is 169 Å². The summed E-state index contributed by atoms with van der Waals surface area (Å²) >= 11 is 0.